The van der Waals surface area contributed by atoms with Gasteiger partial charge in [0.05, 0.1) is 12.0 Å². The number of rotatable bonds is 5. The molecule has 0 saturated carbocycles. The topological polar surface area (TPSA) is 70.6 Å². The minimum atomic E-state index is -4.49. The molecule has 2 aromatic carbocycles. The molecule has 2 amide bonds. The van der Waals surface area contributed by atoms with Gasteiger partial charge in [0.2, 0.25) is 5.91 Å². The molecular weight excluding hydrogens is 359 g/mol. The molecule has 0 bridgehead atoms. The first-order chi connectivity index (χ1) is 12.7. The Balaban J connectivity index is 1.94. The number of nitrogens with one attached hydrogen (secondary N) is 2. The Morgan fingerprint density at radius 1 is 1.07 bits per heavy atom. The lowest BCUT2D eigenvalue weighted by atomic mass is 10.1. The molecule has 8 heteroatoms. The van der Waals surface area contributed by atoms with Gasteiger partial charge in [-0.1, -0.05) is 24.3 Å². The highest BCUT2D eigenvalue weighted by Gasteiger charge is 2.30. The van der Waals surface area contributed by atoms with E-state index in [1.807, 2.05) is 0 Å². The van der Waals surface area contributed by atoms with Crippen LogP contribution in [0.1, 0.15) is 34.8 Å². The van der Waals surface area contributed by atoms with Crippen LogP contribution < -0.4 is 10.7 Å². The van der Waals surface area contributed by atoms with Gasteiger partial charge in [0.15, 0.2) is 0 Å². The van der Waals surface area contributed by atoms with Crippen LogP contribution in [0.2, 0.25) is 0 Å². The van der Waals surface area contributed by atoms with Gasteiger partial charge in [-0.05, 0) is 43.7 Å². The van der Waals surface area contributed by atoms with Crippen molar-refractivity contribution in [3.8, 4) is 0 Å². The van der Waals surface area contributed by atoms with E-state index in [-0.39, 0.29) is 12.1 Å². The molecule has 0 aliphatic heterocycles. The molecule has 0 fully saturated rings. The zero-order valence-corrected chi connectivity index (χ0v) is 14.7. The summed E-state index contributed by atoms with van der Waals surface area (Å²) in [7, 11) is 0. The van der Waals surface area contributed by atoms with Gasteiger partial charge < -0.3 is 5.32 Å². The number of hydrogen-bond donors (Lipinski definition) is 2. The van der Waals surface area contributed by atoms with Crippen LogP contribution in [-0.2, 0) is 11.0 Å². The van der Waals surface area contributed by atoms with Crippen LogP contribution in [0.3, 0.4) is 0 Å². The summed E-state index contributed by atoms with van der Waals surface area (Å²) in [4.78, 5) is 24.0. The Bertz CT molecular complexity index is 876. The van der Waals surface area contributed by atoms with Crippen LogP contribution in [-0.4, -0.2) is 17.5 Å². The van der Waals surface area contributed by atoms with Gasteiger partial charge >= 0.3 is 6.18 Å². The Morgan fingerprint density at radius 2 is 1.78 bits per heavy atom. The minimum absolute atomic E-state index is 0.0339. The van der Waals surface area contributed by atoms with Crippen molar-refractivity contribution in [2.75, 3.05) is 5.32 Å². The molecule has 0 spiro atoms. The molecule has 0 heterocycles. The van der Waals surface area contributed by atoms with Crippen LogP contribution >= 0.6 is 0 Å². The number of anilines is 1. The zero-order chi connectivity index (χ0) is 20.0. The van der Waals surface area contributed by atoms with E-state index < -0.39 is 23.6 Å². The average Bonchev–Trinajstić information content (AvgIpc) is 2.59. The van der Waals surface area contributed by atoms with Crippen molar-refractivity contribution in [2.24, 2.45) is 5.10 Å². The number of nitrogens with zero attached hydrogens (tertiary/aromatic N) is 1. The minimum Gasteiger partial charge on any atom is -0.326 e. The monoisotopic (exact) mass is 377 g/mol. The highest BCUT2D eigenvalue weighted by atomic mass is 19.4. The van der Waals surface area contributed by atoms with Crippen molar-refractivity contribution in [1.29, 1.82) is 0 Å². The fraction of sp³-hybridized carbons (Fsp3) is 0.211. The molecule has 142 valence electrons. The number of alkyl halides is 3. The lowest BCUT2D eigenvalue weighted by Gasteiger charge is -2.10. The van der Waals surface area contributed by atoms with Crippen LogP contribution in [0.25, 0.3) is 0 Å². The van der Waals surface area contributed by atoms with Gasteiger partial charge in [-0.25, -0.2) is 5.43 Å². The van der Waals surface area contributed by atoms with Gasteiger partial charge in [0.1, 0.15) is 0 Å². The number of carbonyl (C=O) groups excluding carboxylic acids is 2. The number of aryl methyl sites for hydroxylation is 1. The second kappa shape index (κ2) is 8.48. The fourth-order valence-corrected chi connectivity index (χ4v) is 2.28. The highest BCUT2D eigenvalue weighted by molar-refractivity contribution is 6.06. The lowest BCUT2D eigenvalue weighted by Crippen LogP contribution is -2.22. The molecule has 0 unspecified atom stereocenters. The molecule has 2 rings (SSSR count). The smallest absolute Gasteiger partial charge is 0.326 e. The predicted molar refractivity (Wildman–Crippen MR) is 96.4 cm³/mol. The molecule has 5 nitrogen and oxygen atoms in total. The third-order valence-electron chi connectivity index (χ3n) is 3.63. The third-order valence-corrected chi connectivity index (χ3v) is 3.63. The van der Waals surface area contributed by atoms with Gasteiger partial charge in [0, 0.05) is 17.0 Å². The molecule has 0 saturated heterocycles. The Kier molecular flexibility index (Phi) is 6.33. The number of hydrazone groups is 1. The molecule has 0 atom stereocenters. The number of carbonyl (C=O) groups is 2. The number of benzene rings is 2. The maximum Gasteiger partial charge on any atom is 0.416 e. The molecular formula is C19H18F3N3O2. The molecule has 2 aromatic rings. The van der Waals surface area contributed by atoms with Crippen LogP contribution in [0.5, 0.6) is 0 Å². The largest absolute Gasteiger partial charge is 0.416 e. The molecule has 27 heavy (non-hydrogen) atoms. The number of halogens is 3. The van der Waals surface area contributed by atoms with Crippen molar-refractivity contribution in [1.82, 2.24) is 5.43 Å². The highest BCUT2D eigenvalue weighted by Crippen LogP contribution is 2.30. The lowest BCUT2D eigenvalue weighted by molar-refractivity contribution is -0.137. The molecule has 0 aliphatic rings. The van der Waals surface area contributed by atoms with E-state index in [9.17, 15) is 22.8 Å². The summed E-state index contributed by atoms with van der Waals surface area (Å²) in [6.45, 7) is 3.32. The summed E-state index contributed by atoms with van der Waals surface area (Å²) in [5.74, 6) is -0.952. The third kappa shape index (κ3) is 5.95. The van der Waals surface area contributed by atoms with Crippen molar-refractivity contribution in [2.45, 2.75) is 26.4 Å². The molecule has 0 aromatic heterocycles. The van der Waals surface area contributed by atoms with Crippen molar-refractivity contribution in [3.63, 3.8) is 0 Å². The Morgan fingerprint density at radius 3 is 2.44 bits per heavy atom. The van der Waals surface area contributed by atoms with Gasteiger partial charge in [-0.2, -0.15) is 18.3 Å². The summed E-state index contributed by atoms with van der Waals surface area (Å²) in [6.07, 6.45) is -4.66. The maximum absolute atomic E-state index is 12.7. The summed E-state index contributed by atoms with van der Waals surface area (Å²) in [6, 6.07) is 11.3. The van der Waals surface area contributed by atoms with Crippen LogP contribution in [0.15, 0.2) is 53.6 Å². The van der Waals surface area contributed by atoms with Crippen molar-refractivity contribution < 1.29 is 22.8 Å². The van der Waals surface area contributed by atoms with E-state index in [1.165, 1.54) is 19.1 Å². The summed E-state index contributed by atoms with van der Waals surface area (Å²) < 4.78 is 38.1. The van der Waals surface area contributed by atoms with Gasteiger partial charge in [-0.15, -0.1) is 0 Å². The van der Waals surface area contributed by atoms with Gasteiger partial charge in [-0.3, -0.25) is 9.59 Å². The van der Waals surface area contributed by atoms with E-state index in [2.05, 4.69) is 15.8 Å². The van der Waals surface area contributed by atoms with E-state index in [0.29, 0.717) is 11.3 Å². The predicted octanol–water partition coefficient (Wildman–Crippen LogP) is 4.15. The van der Waals surface area contributed by atoms with E-state index >= 15 is 0 Å². The van der Waals surface area contributed by atoms with Crippen molar-refractivity contribution in [3.05, 3.63) is 65.2 Å². The molecule has 2 N–H and O–H groups in total. The molecule has 0 aliphatic carbocycles. The number of amides is 2. The first kappa shape index (κ1) is 20.2. The van der Waals surface area contributed by atoms with Crippen molar-refractivity contribution >= 4 is 23.2 Å². The van der Waals surface area contributed by atoms with E-state index in [4.69, 9.17) is 0 Å². The normalized spacial score (nSPS) is 11.8. The van der Waals surface area contributed by atoms with Crippen LogP contribution in [0.4, 0.5) is 18.9 Å². The summed E-state index contributed by atoms with van der Waals surface area (Å²) >= 11 is 0. The zero-order valence-electron chi connectivity index (χ0n) is 14.7. The first-order valence-corrected chi connectivity index (χ1v) is 8.03. The standard InChI is InChI=1S/C19H18F3N3O2/c1-12-6-3-4-9-16(12)18(27)25-24-13(2)10-17(26)23-15-8-5-7-14(11-15)19(20,21)22/h3-9,11H,10H2,1-2H3,(H,23,26)(H,25,27)/b24-13+. The Labute approximate surface area is 154 Å². The second-order valence-corrected chi connectivity index (χ2v) is 5.91. The molecule has 0 radical (unpaired) electrons. The van der Waals surface area contributed by atoms with Crippen LogP contribution in [0, 0.1) is 6.92 Å². The number of hydrogen-bond acceptors (Lipinski definition) is 3. The van der Waals surface area contributed by atoms with E-state index in [1.54, 1.807) is 31.2 Å². The van der Waals surface area contributed by atoms with Gasteiger partial charge in [0.25, 0.3) is 5.91 Å². The second-order valence-electron chi connectivity index (χ2n) is 5.91. The first-order valence-electron chi connectivity index (χ1n) is 8.03. The van der Waals surface area contributed by atoms with E-state index in [0.717, 1.165) is 17.7 Å². The summed E-state index contributed by atoms with van der Waals surface area (Å²) in [5.41, 5.74) is 3.09. The maximum atomic E-state index is 12.7. The Hall–Kier alpha value is -3.16. The quantitative estimate of drug-likeness (QED) is 0.607. The summed E-state index contributed by atoms with van der Waals surface area (Å²) in [5, 5.41) is 6.24. The fourth-order valence-electron chi connectivity index (χ4n) is 2.28. The SMILES string of the molecule is C/C(CC(=O)Nc1cccc(C(F)(F)F)c1)=N\NC(=O)c1ccccc1C. The average molecular weight is 377 g/mol.